The van der Waals surface area contributed by atoms with Crippen molar-refractivity contribution in [3.05, 3.63) is 11.4 Å². The third-order valence-corrected chi connectivity index (χ3v) is 3.71. The van der Waals surface area contributed by atoms with E-state index in [9.17, 15) is 9.90 Å². The summed E-state index contributed by atoms with van der Waals surface area (Å²) < 4.78 is 1.57. The monoisotopic (exact) mass is 268 g/mol. The van der Waals surface area contributed by atoms with Crippen LogP contribution in [0.4, 0.5) is 5.69 Å². The van der Waals surface area contributed by atoms with E-state index in [1.54, 1.807) is 39.3 Å². The van der Waals surface area contributed by atoms with Crippen molar-refractivity contribution in [3.8, 4) is 0 Å². The first-order valence-electron chi connectivity index (χ1n) is 6.28. The van der Waals surface area contributed by atoms with Crippen molar-refractivity contribution in [3.63, 3.8) is 0 Å². The SMILES string of the molecule is Cc1nn(CC(=O)NC(C)(C)C(C)(C)O)c(C)c1N. The van der Waals surface area contributed by atoms with Crippen molar-refractivity contribution in [1.29, 1.82) is 0 Å². The van der Waals surface area contributed by atoms with Crippen LogP contribution < -0.4 is 11.1 Å². The Morgan fingerprint density at radius 2 is 1.89 bits per heavy atom. The number of anilines is 1. The van der Waals surface area contributed by atoms with E-state index in [-0.39, 0.29) is 12.5 Å². The molecule has 1 aromatic rings. The Balaban J connectivity index is 2.79. The summed E-state index contributed by atoms with van der Waals surface area (Å²) in [6, 6.07) is 0. The molecule has 1 aromatic heterocycles. The van der Waals surface area contributed by atoms with Crippen molar-refractivity contribution < 1.29 is 9.90 Å². The van der Waals surface area contributed by atoms with Crippen LogP contribution in [0, 0.1) is 13.8 Å². The molecule has 0 aliphatic heterocycles. The van der Waals surface area contributed by atoms with Gasteiger partial charge in [0.25, 0.3) is 0 Å². The fourth-order valence-corrected chi connectivity index (χ4v) is 1.54. The summed E-state index contributed by atoms with van der Waals surface area (Å²) in [6.07, 6.45) is 0. The number of hydrogen-bond acceptors (Lipinski definition) is 4. The minimum absolute atomic E-state index is 0.0867. The number of amides is 1. The number of aryl methyl sites for hydroxylation is 1. The molecule has 1 heterocycles. The Bertz CT molecular complexity index is 484. The first-order valence-corrected chi connectivity index (χ1v) is 6.28. The number of nitrogens with two attached hydrogens (primary N) is 1. The van der Waals surface area contributed by atoms with Crippen LogP contribution in [-0.4, -0.2) is 31.9 Å². The molecule has 108 valence electrons. The lowest BCUT2D eigenvalue weighted by Gasteiger charge is -2.38. The third-order valence-electron chi connectivity index (χ3n) is 3.71. The van der Waals surface area contributed by atoms with Gasteiger partial charge in [-0.25, -0.2) is 0 Å². The molecule has 0 radical (unpaired) electrons. The van der Waals surface area contributed by atoms with Gasteiger partial charge in [0, 0.05) is 0 Å². The van der Waals surface area contributed by atoms with E-state index in [4.69, 9.17) is 5.73 Å². The number of carbonyl (C=O) groups excluding carboxylic acids is 1. The number of carbonyl (C=O) groups is 1. The van der Waals surface area contributed by atoms with Crippen molar-refractivity contribution in [2.45, 2.75) is 59.2 Å². The van der Waals surface area contributed by atoms with Crippen LogP contribution in [0.15, 0.2) is 0 Å². The predicted molar refractivity (Wildman–Crippen MR) is 74.6 cm³/mol. The topological polar surface area (TPSA) is 93.2 Å². The molecule has 0 saturated heterocycles. The van der Waals surface area contributed by atoms with Gasteiger partial charge in [-0.1, -0.05) is 0 Å². The molecule has 0 unspecified atom stereocenters. The zero-order valence-electron chi connectivity index (χ0n) is 12.5. The summed E-state index contributed by atoms with van der Waals surface area (Å²) in [5.74, 6) is -0.210. The molecular formula is C13H24N4O2. The second-order valence-electron chi connectivity index (χ2n) is 5.97. The van der Waals surface area contributed by atoms with Crippen molar-refractivity contribution in [2.75, 3.05) is 5.73 Å². The van der Waals surface area contributed by atoms with Gasteiger partial charge in [-0.2, -0.15) is 5.10 Å². The number of nitrogen functional groups attached to an aromatic ring is 1. The average molecular weight is 268 g/mol. The van der Waals surface area contributed by atoms with Crippen molar-refractivity contribution in [1.82, 2.24) is 15.1 Å². The number of aromatic nitrogens is 2. The zero-order valence-corrected chi connectivity index (χ0v) is 12.5. The Hall–Kier alpha value is -1.56. The highest BCUT2D eigenvalue weighted by Gasteiger charge is 2.36. The highest BCUT2D eigenvalue weighted by molar-refractivity contribution is 5.77. The molecule has 0 saturated carbocycles. The summed E-state index contributed by atoms with van der Waals surface area (Å²) in [7, 11) is 0. The first kappa shape index (κ1) is 15.5. The predicted octanol–water partition coefficient (Wildman–Crippen LogP) is 0.748. The lowest BCUT2D eigenvalue weighted by molar-refractivity contribution is -0.126. The Kier molecular flexibility index (Phi) is 3.95. The lowest BCUT2D eigenvalue weighted by atomic mass is 9.86. The summed E-state index contributed by atoms with van der Waals surface area (Å²) in [5.41, 5.74) is 6.17. The summed E-state index contributed by atoms with van der Waals surface area (Å²) in [4.78, 5) is 12.0. The molecule has 6 heteroatoms. The molecule has 0 aromatic carbocycles. The number of nitrogens with zero attached hydrogens (tertiary/aromatic N) is 2. The number of aliphatic hydroxyl groups is 1. The number of nitrogens with one attached hydrogen (secondary N) is 1. The van der Waals surface area contributed by atoms with Gasteiger partial charge < -0.3 is 16.2 Å². The second-order valence-corrected chi connectivity index (χ2v) is 5.97. The zero-order chi connectivity index (χ0) is 15.0. The minimum Gasteiger partial charge on any atom is -0.396 e. The molecule has 0 bridgehead atoms. The number of hydrogen-bond donors (Lipinski definition) is 3. The maximum atomic E-state index is 12.0. The maximum absolute atomic E-state index is 12.0. The van der Waals surface area contributed by atoms with Gasteiger partial charge in [0.1, 0.15) is 6.54 Å². The van der Waals surface area contributed by atoms with Crippen LogP contribution >= 0.6 is 0 Å². The van der Waals surface area contributed by atoms with E-state index in [0.29, 0.717) is 11.4 Å². The van der Waals surface area contributed by atoms with Crippen LogP contribution in [-0.2, 0) is 11.3 Å². The third kappa shape index (κ3) is 3.26. The van der Waals surface area contributed by atoms with E-state index in [2.05, 4.69) is 10.4 Å². The lowest BCUT2D eigenvalue weighted by Crippen LogP contribution is -2.58. The Morgan fingerprint density at radius 1 is 1.37 bits per heavy atom. The Morgan fingerprint density at radius 3 is 2.26 bits per heavy atom. The first-order chi connectivity index (χ1) is 8.45. The molecule has 0 aliphatic rings. The van der Waals surface area contributed by atoms with Crippen molar-refractivity contribution in [2.24, 2.45) is 0 Å². The molecule has 4 N–H and O–H groups in total. The molecule has 0 fully saturated rings. The minimum atomic E-state index is -1.02. The van der Waals surface area contributed by atoms with Gasteiger partial charge >= 0.3 is 0 Å². The van der Waals surface area contributed by atoms with Crippen LogP contribution in [0.1, 0.15) is 39.1 Å². The molecule has 1 amide bonds. The second kappa shape index (κ2) is 4.85. The van der Waals surface area contributed by atoms with Crippen LogP contribution in [0.25, 0.3) is 0 Å². The van der Waals surface area contributed by atoms with Gasteiger partial charge in [0.05, 0.1) is 28.2 Å². The molecule has 0 spiro atoms. The normalized spacial score (nSPS) is 12.6. The van der Waals surface area contributed by atoms with Gasteiger partial charge in [-0.05, 0) is 41.5 Å². The van der Waals surface area contributed by atoms with E-state index in [1.807, 2.05) is 6.92 Å². The van der Waals surface area contributed by atoms with E-state index < -0.39 is 11.1 Å². The van der Waals surface area contributed by atoms with E-state index in [0.717, 1.165) is 5.69 Å². The van der Waals surface area contributed by atoms with Gasteiger partial charge in [-0.15, -0.1) is 0 Å². The van der Waals surface area contributed by atoms with Crippen molar-refractivity contribution >= 4 is 11.6 Å². The molecular weight excluding hydrogens is 244 g/mol. The standard InChI is InChI=1S/C13H24N4O2/c1-8-11(14)9(2)17(16-8)7-10(18)15-12(3,4)13(5,6)19/h19H,7,14H2,1-6H3,(H,15,18). The van der Waals surface area contributed by atoms with Crippen LogP contribution in [0.2, 0.25) is 0 Å². The molecule has 1 rings (SSSR count). The summed E-state index contributed by atoms with van der Waals surface area (Å²) in [5, 5.41) is 17.0. The highest BCUT2D eigenvalue weighted by Crippen LogP contribution is 2.20. The van der Waals surface area contributed by atoms with E-state index >= 15 is 0 Å². The fraction of sp³-hybridized carbons (Fsp3) is 0.692. The average Bonchev–Trinajstić information content (AvgIpc) is 2.43. The molecule has 6 nitrogen and oxygen atoms in total. The summed E-state index contributed by atoms with van der Waals surface area (Å²) >= 11 is 0. The molecule has 19 heavy (non-hydrogen) atoms. The molecule has 0 aliphatic carbocycles. The maximum Gasteiger partial charge on any atom is 0.242 e. The van der Waals surface area contributed by atoms with Crippen LogP contribution in [0.5, 0.6) is 0 Å². The van der Waals surface area contributed by atoms with Gasteiger partial charge in [0.15, 0.2) is 0 Å². The molecule has 0 atom stereocenters. The highest BCUT2D eigenvalue weighted by atomic mass is 16.3. The van der Waals surface area contributed by atoms with E-state index in [1.165, 1.54) is 0 Å². The van der Waals surface area contributed by atoms with Gasteiger partial charge in [-0.3, -0.25) is 9.48 Å². The van der Waals surface area contributed by atoms with Crippen LogP contribution in [0.3, 0.4) is 0 Å². The summed E-state index contributed by atoms with van der Waals surface area (Å²) in [6.45, 7) is 10.6. The fourth-order valence-electron chi connectivity index (χ4n) is 1.54. The number of rotatable bonds is 4. The largest absolute Gasteiger partial charge is 0.396 e. The Labute approximate surface area is 114 Å². The smallest absolute Gasteiger partial charge is 0.242 e. The van der Waals surface area contributed by atoms with Gasteiger partial charge in [0.2, 0.25) is 5.91 Å². The quantitative estimate of drug-likeness (QED) is 0.751.